The summed E-state index contributed by atoms with van der Waals surface area (Å²) in [6, 6.07) is 16.1. The molecule has 1 unspecified atom stereocenters. The van der Waals surface area contributed by atoms with Crippen LogP contribution in [0.5, 0.6) is 0 Å². The third-order valence-corrected chi connectivity index (χ3v) is 2.98. The summed E-state index contributed by atoms with van der Waals surface area (Å²) < 4.78 is 0. The second-order valence-corrected chi connectivity index (χ2v) is 4.79. The van der Waals surface area contributed by atoms with Crippen LogP contribution in [0.1, 0.15) is 5.56 Å². The number of aliphatic hydroxyl groups excluding tert-OH is 1. The maximum Gasteiger partial charge on any atom is 0.323 e. The molecule has 0 aromatic heterocycles. The van der Waals surface area contributed by atoms with Crippen molar-refractivity contribution in [2.75, 3.05) is 17.2 Å². The van der Waals surface area contributed by atoms with E-state index in [9.17, 15) is 4.79 Å². The van der Waals surface area contributed by atoms with Crippen LogP contribution < -0.4 is 16.4 Å². The minimum atomic E-state index is -0.291. The molecular weight excluding hydrogens is 302 g/mol. The molecule has 0 radical (unpaired) electrons. The van der Waals surface area contributed by atoms with Crippen molar-refractivity contribution in [3.63, 3.8) is 0 Å². The smallest absolute Gasteiger partial charge is 0.323 e. The highest BCUT2D eigenvalue weighted by Gasteiger charge is 2.04. The molecule has 22 heavy (non-hydrogen) atoms. The van der Waals surface area contributed by atoms with Crippen LogP contribution >= 0.6 is 12.4 Å². The van der Waals surface area contributed by atoms with Gasteiger partial charge in [0, 0.05) is 17.4 Å². The van der Waals surface area contributed by atoms with Crippen molar-refractivity contribution >= 4 is 29.8 Å². The maximum absolute atomic E-state index is 11.8. The predicted molar refractivity (Wildman–Crippen MR) is 91.5 cm³/mol. The Balaban J connectivity index is 0.00000242. The number of benzene rings is 2. The first-order chi connectivity index (χ1) is 10.2. The zero-order chi connectivity index (χ0) is 15.1. The zero-order valence-electron chi connectivity index (χ0n) is 12.0. The normalized spacial score (nSPS) is 11.2. The number of amides is 2. The molecule has 5 N–H and O–H groups in total. The molecule has 0 aliphatic heterocycles. The molecule has 2 rings (SSSR count). The van der Waals surface area contributed by atoms with Crippen molar-refractivity contribution in [1.29, 1.82) is 0 Å². The van der Waals surface area contributed by atoms with E-state index >= 15 is 0 Å². The van der Waals surface area contributed by atoms with Crippen LogP contribution in [0.4, 0.5) is 16.2 Å². The Morgan fingerprint density at radius 1 is 1.00 bits per heavy atom. The van der Waals surface area contributed by atoms with Crippen molar-refractivity contribution in [1.82, 2.24) is 0 Å². The largest absolute Gasteiger partial charge is 0.395 e. The van der Waals surface area contributed by atoms with Gasteiger partial charge in [0.15, 0.2) is 0 Å². The second-order valence-electron chi connectivity index (χ2n) is 4.79. The SMILES string of the molecule is Cl.NC(CO)Cc1ccc(NC(=O)Nc2ccccc2)cc1. The van der Waals surface area contributed by atoms with Crippen LogP contribution in [0, 0.1) is 0 Å². The van der Waals surface area contributed by atoms with Gasteiger partial charge in [-0.2, -0.15) is 0 Å². The highest BCUT2D eigenvalue weighted by Crippen LogP contribution is 2.12. The Morgan fingerprint density at radius 3 is 2.09 bits per heavy atom. The van der Waals surface area contributed by atoms with Gasteiger partial charge < -0.3 is 21.5 Å². The second kappa shape index (κ2) is 9.04. The number of aliphatic hydroxyl groups is 1. The molecule has 0 aliphatic carbocycles. The van der Waals surface area contributed by atoms with Crippen molar-refractivity contribution in [3.8, 4) is 0 Å². The lowest BCUT2D eigenvalue weighted by molar-refractivity contribution is 0.262. The standard InChI is InChI=1S/C16H19N3O2.ClH/c17-13(11-20)10-12-6-8-15(9-7-12)19-16(21)18-14-4-2-1-3-5-14;/h1-9,13,20H,10-11,17H2,(H2,18,19,21);1H. The lowest BCUT2D eigenvalue weighted by Gasteiger charge is -2.10. The van der Waals surface area contributed by atoms with Crippen LogP contribution in [-0.2, 0) is 6.42 Å². The lowest BCUT2D eigenvalue weighted by Crippen LogP contribution is -2.26. The van der Waals surface area contributed by atoms with E-state index in [0.717, 1.165) is 11.3 Å². The fraction of sp³-hybridized carbons (Fsp3) is 0.188. The molecule has 2 amide bonds. The van der Waals surface area contributed by atoms with Crippen molar-refractivity contribution in [2.45, 2.75) is 12.5 Å². The fourth-order valence-corrected chi connectivity index (χ4v) is 1.91. The first-order valence-electron chi connectivity index (χ1n) is 6.76. The molecule has 0 bridgehead atoms. The van der Waals surface area contributed by atoms with Gasteiger partial charge in [-0.15, -0.1) is 12.4 Å². The Hall–Kier alpha value is -2.08. The predicted octanol–water partition coefficient (Wildman–Crippen LogP) is 2.61. The van der Waals surface area contributed by atoms with E-state index in [1.54, 1.807) is 0 Å². The highest BCUT2D eigenvalue weighted by atomic mass is 35.5. The Bertz CT molecular complexity index is 576. The molecule has 0 aliphatic rings. The monoisotopic (exact) mass is 321 g/mol. The van der Waals surface area contributed by atoms with E-state index in [2.05, 4.69) is 10.6 Å². The van der Waals surface area contributed by atoms with Gasteiger partial charge in [0.25, 0.3) is 0 Å². The summed E-state index contributed by atoms with van der Waals surface area (Å²) in [5, 5.41) is 14.4. The average molecular weight is 322 g/mol. The van der Waals surface area contributed by atoms with Gasteiger partial charge in [-0.1, -0.05) is 30.3 Å². The third kappa shape index (κ3) is 5.73. The quantitative estimate of drug-likeness (QED) is 0.682. The van der Waals surface area contributed by atoms with Crippen LogP contribution in [0.15, 0.2) is 54.6 Å². The van der Waals surface area contributed by atoms with Gasteiger partial charge in [-0.05, 0) is 36.2 Å². The summed E-state index contributed by atoms with van der Waals surface area (Å²) in [5.41, 5.74) is 8.13. The molecule has 2 aromatic carbocycles. The van der Waals surface area contributed by atoms with E-state index in [0.29, 0.717) is 12.1 Å². The number of carbonyl (C=O) groups is 1. The van der Waals surface area contributed by atoms with Gasteiger partial charge in [0.2, 0.25) is 0 Å². The molecule has 1 atom stereocenters. The summed E-state index contributed by atoms with van der Waals surface area (Å²) in [4.78, 5) is 11.8. The molecule has 2 aromatic rings. The first kappa shape index (κ1) is 18.0. The fourth-order valence-electron chi connectivity index (χ4n) is 1.91. The number of hydrogen-bond donors (Lipinski definition) is 4. The van der Waals surface area contributed by atoms with E-state index < -0.39 is 0 Å². The van der Waals surface area contributed by atoms with Gasteiger partial charge in [0.1, 0.15) is 0 Å². The summed E-state index contributed by atoms with van der Waals surface area (Å²) in [6.07, 6.45) is 0.604. The van der Waals surface area contributed by atoms with Gasteiger partial charge >= 0.3 is 6.03 Å². The molecule has 0 heterocycles. The molecule has 5 nitrogen and oxygen atoms in total. The van der Waals surface area contributed by atoms with E-state index in [1.807, 2.05) is 54.6 Å². The Labute approximate surface area is 135 Å². The van der Waals surface area contributed by atoms with E-state index in [1.165, 1.54) is 0 Å². The van der Waals surface area contributed by atoms with E-state index in [4.69, 9.17) is 10.8 Å². The first-order valence-corrected chi connectivity index (χ1v) is 6.76. The van der Waals surface area contributed by atoms with Crippen molar-refractivity contribution < 1.29 is 9.90 Å². The van der Waals surface area contributed by atoms with Crippen LogP contribution in [0.25, 0.3) is 0 Å². The Kier molecular flexibility index (Phi) is 7.39. The number of nitrogens with two attached hydrogens (primary N) is 1. The number of para-hydroxylation sites is 1. The van der Waals surface area contributed by atoms with Crippen LogP contribution in [0.3, 0.4) is 0 Å². The number of hydrogen-bond acceptors (Lipinski definition) is 3. The van der Waals surface area contributed by atoms with Gasteiger partial charge in [-0.25, -0.2) is 4.79 Å². The molecule has 0 spiro atoms. The summed E-state index contributed by atoms with van der Waals surface area (Å²) >= 11 is 0. The average Bonchev–Trinajstić information content (AvgIpc) is 2.50. The van der Waals surface area contributed by atoms with Crippen LogP contribution in [0.2, 0.25) is 0 Å². The minimum Gasteiger partial charge on any atom is -0.395 e. The number of nitrogens with one attached hydrogen (secondary N) is 2. The molecule has 6 heteroatoms. The highest BCUT2D eigenvalue weighted by molar-refractivity contribution is 5.99. The number of halogens is 1. The van der Waals surface area contributed by atoms with Crippen LogP contribution in [-0.4, -0.2) is 23.8 Å². The van der Waals surface area contributed by atoms with Gasteiger partial charge in [0.05, 0.1) is 6.61 Å². The lowest BCUT2D eigenvalue weighted by atomic mass is 10.1. The third-order valence-electron chi connectivity index (χ3n) is 2.98. The molecular formula is C16H20ClN3O2. The number of anilines is 2. The topological polar surface area (TPSA) is 87.4 Å². The maximum atomic E-state index is 11.8. The summed E-state index contributed by atoms with van der Waals surface area (Å²) in [6.45, 7) is -0.0422. The molecule has 118 valence electrons. The zero-order valence-corrected chi connectivity index (χ0v) is 12.8. The summed E-state index contributed by atoms with van der Waals surface area (Å²) in [7, 11) is 0. The molecule has 0 fully saturated rings. The molecule has 0 saturated heterocycles. The summed E-state index contributed by atoms with van der Waals surface area (Å²) in [5.74, 6) is 0. The van der Waals surface area contributed by atoms with E-state index in [-0.39, 0.29) is 31.1 Å². The molecule has 0 saturated carbocycles. The number of urea groups is 1. The van der Waals surface area contributed by atoms with Crippen molar-refractivity contribution in [2.24, 2.45) is 5.73 Å². The number of rotatable bonds is 5. The Morgan fingerprint density at radius 2 is 1.55 bits per heavy atom. The number of carbonyl (C=O) groups excluding carboxylic acids is 1. The van der Waals surface area contributed by atoms with Gasteiger partial charge in [-0.3, -0.25) is 0 Å². The minimum absolute atomic E-state index is 0. The van der Waals surface area contributed by atoms with Crippen molar-refractivity contribution in [3.05, 3.63) is 60.2 Å².